The number of hydrogen-bond donors (Lipinski definition) is 2. The Morgan fingerprint density at radius 3 is 1.77 bits per heavy atom. The average molecular weight is 203 g/mol. The first-order valence-electron chi connectivity index (χ1n) is 5.22. The van der Waals surface area contributed by atoms with Crippen molar-refractivity contribution in [1.82, 2.24) is 0 Å². The Morgan fingerprint density at radius 1 is 1.23 bits per heavy atom. The maximum Gasteiger partial charge on any atom is 0.0106 e. The highest BCUT2D eigenvalue weighted by Crippen LogP contribution is 2.45. The largest absolute Gasteiger partial charge is 0.327 e. The van der Waals surface area contributed by atoms with Crippen LogP contribution in [0.1, 0.15) is 47.5 Å². The van der Waals surface area contributed by atoms with Crippen LogP contribution in [0.2, 0.25) is 0 Å². The Bertz CT molecular complexity index is 145. The van der Waals surface area contributed by atoms with Crippen LogP contribution in [0.25, 0.3) is 0 Å². The van der Waals surface area contributed by atoms with Crippen LogP contribution in [0, 0.1) is 10.8 Å². The second-order valence-corrected chi connectivity index (χ2v) is 5.25. The molecule has 0 aromatic heterocycles. The predicted octanol–water partition coefficient (Wildman–Crippen LogP) is 3.10. The molecule has 0 rings (SSSR count). The molecule has 0 aliphatic rings. The van der Waals surface area contributed by atoms with Crippen molar-refractivity contribution in [3.8, 4) is 0 Å². The van der Waals surface area contributed by atoms with Gasteiger partial charge in [-0.25, -0.2) is 0 Å². The summed E-state index contributed by atoms with van der Waals surface area (Å²) in [6, 6.07) is 0.259. The Hall–Kier alpha value is 0.310. The molecule has 2 unspecified atom stereocenters. The maximum absolute atomic E-state index is 6.21. The molecular formula is C11H25NS. The van der Waals surface area contributed by atoms with Crippen LogP contribution >= 0.6 is 12.6 Å². The highest BCUT2D eigenvalue weighted by molar-refractivity contribution is 7.80. The summed E-state index contributed by atoms with van der Waals surface area (Å²) in [6.07, 6.45) is 2.14. The lowest BCUT2D eigenvalue weighted by Gasteiger charge is -2.47. The van der Waals surface area contributed by atoms with Gasteiger partial charge in [-0.15, -0.1) is 0 Å². The van der Waals surface area contributed by atoms with Crippen molar-refractivity contribution in [3.05, 3.63) is 0 Å². The first kappa shape index (κ1) is 13.3. The molecule has 0 saturated carbocycles. The summed E-state index contributed by atoms with van der Waals surface area (Å²) in [7, 11) is 0. The minimum atomic E-state index is 0.171. The third-order valence-electron chi connectivity index (χ3n) is 3.56. The summed E-state index contributed by atoms with van der Waals surface area (Å²) in [4.78, 5) is 0. The average Bonchev–Trinajstić information content (AvgIpc) is 2.04. The molecule has 0 aliphatic carbocycles. The molecule has 0 amide bonds. The van der Waals surface area contributed by atoms with E-state index in [1.807, 2.05) is 0 Å². The third kappa shape index (κ3) is 2.41. The standard InChI is InChI=1S/C11H25NS/c1-6-9(12)11(7-2,8-13)10(3,4)5/h9,13H,6-8,12H2,1-5H3. The van der Waals surface area contributed by atoms with Crippen LogP contribution in [-0.2, 0) is 0 Å². The Balaban J connectivity index is 4.91. The molecule has 0 saturated heterocycles. The number of rotatable bonds is 4. The quantitative estimate of drug-likeness (QED) is 0.675. The van der Waals surface area contributed by atoms with Crippen molar-refractivity contribution in [2.75, 3.05) is 5.75 Å². The molecule has 2 heteroatoms. The molecule has 2 N–H and O–H groups in total. The molecular weight excluding hydrogens is 178 g/mol. The minimum absolute atomic E-state index is 0.171. The highest BCUT2D eigenvalue weighted by Gasteiger charge is 2.43. The summed E-state index contributed by atoms with van der Waals surface area (Å²) in [5, 5.41) is 0. The molecule has 80 valence electrons. The van der Waals surface area contributed by atoms with Gasteiger partial charge in [0.1, 0.15) is 0 Å². The van der Waals surface area contributed by atoms with E-state index in [4.69, 9.17) is 5.73 Å². The lowest BCUT2D eigenvalue weighted by molar-refractivity contribution is 0.0736. The lowest BCUT2D eigenvalue weighted by Crippen LogP contribution is -2.51. The molecule has 13 heavy (non-hydrogen) atoms. The summed E-state index contributed by atoms with van der Waals surface area (Å²) in [5.41, 5.74) is 6.62. The normalized spacial score (nSPS) is 19.6. The second kappa shape index (κ2) is 4.70. The number of nitrogens with two attached hydrogens (primary N) is 1. The van der Waals surface area contributed by atoms with E-state index in [0.29, 0.717) is 0 Å². The SMILES string of the molecule is CCC(N)C(CC)(CS)C(C)(C)C. The van der Waals surface area contributed by atoms with Gasteiger partial charge in [-0.05, 0) is 29.4 Å². The van der Waals surface area contributed by atoms with Gasteiger partial charge in [-0.3, -0.25) is 0 Å². The zero-order valence-electron chi connectivity index (χ0n) is 9.72. The van der Waals surface area contributed by atoms with E-state index < -0.39 is 0 Å². The molecule has 0 fully saturated rings. The van der Waals surface area contributed by atoms with Gasteiger partial charge in [0.15, 0.2) is 0 Å². The van der Waals surface area contributed by atoms with E-state index in [9.17, 15) is 0 Å². The van der Waals surface area contributed by atoms with E-state index in [-0.39, 0.29) is 16.9 Å². The van der Waals surface area contributed by atoms with Crippen LogP contribution in [0.5, 0.6) is 0 Å². The molecule has 0 radical (unpaired) electrons. The molecule has 0 aromatic carbocycles. The zero-order valence-corrected chi connectivity index (χ0v) is 10.6. The van der Waals surface area contributed by atoms with Crippen molar-refractivity contribution in [3.63, 3.8) is 0 Å². The lowest BCUT2D eigenvalue weighted by atomic mass is 9.61. The predicted molar refractivity (Wildman–Crippen MR) is 64.3 cm³/mol. The van der Waals surface area contributed by atoms with Gasteiger partial charge in [0, 0.05) is 6.04 Å². The van der Waals surface area contributed by atoms with Crippen LogP contribution < -0.4 is 5.73 Å². The molecule has 0 aromatic rings. The second-order valence-electron chi connectivity index (χ2n) is 4.93. The summed E-state index contributed by atoms with van der Waals surface area (Å²) >= 11 is 4.49. The highest BCUT2D eigenvalue weighted by atomic mass is 32.1. The van der Waals surface area contributed by atoms with Gasteiger partial charge in [-0.2, -0.15) is 12.6 Å². The maximum atomic E-state index is 6.21. The molecule has 0 bridgehead atoms. The molecule has 2 atom stereocenters. The van der Waals surface area contributed by atoms with E-state index in [1.54, 1.807) is 0 Å². The number of thiol groups is 1. The van der Waals surface area contributed by atoms with E-state index in [2.05, 4.69) is 47.2 Å². The molecule has 0 aliphatic heterocycles. The molecule has 1 nitrogen and oxygen atoms in total. The minimum Gasteiger partial charge on any atom is -0.327 e. The van der Waals surface area contributed by atoms with Gasteiger partial charge < -0.3 is 5.73 Å². The van der Waals surface area contributed by atoms with Crippen molar-refractivity contribution >= 4 is 12.6 Å². The summed E-state index contributed by atoms with van der Waals surface area (Å²) in [5.74, 6) is 0.877. The fourth-order valence-corrected chi connectivity index (χ4v) is 3.14. The van der Waals surface area contributed by atoms with Crippen molar-refractivity contribution < 1.29 is 0 Å². The monoisotopic (exact) mass is 203 g/mol. The van der Waals surface area contributed by atoms with Crippen LogP contribution in [0.4, 0.5) is 0 Å². The van der Waals surface area contributed by atoms with Gasteiger partial charge in [-0.1, -0.05) is 34.6 Å². The van der Waals surface area contributed by atoms with E-state index in [1.165, 1.54) is 0 Å². The van der Waals surface area contributed by atoms with Gasteiger partial charge in [0.2, 0.25) is 0 Å². The van der Waals surface area contributed by atoms with Gasteiger partial charge in [0.05, 0.1) is 0 Å². The van der Waals surface area contributed by atoms with Crippen LogP contribution in [-0.4, -0.2) is 11.8 Å². The Morgan fingerprint density at radius 2 is 1.69 bits per heavy atom. The zero-order chi connectivity index (χ0) is 10.7. The van der Waals surface area contributed by atoms with Crippen LogP contribution in [0.15, 0.2) is 0 Å². The molecule has 0 heterocycles. The summed E-state index contributed by atoms with van der Waals surface area (Å²) < 4.78 is 0. The van der Waals surface area contributed by atoms with E-state index in [0.717, 1.165) is 18.6 Å². The third-order valence-corrected chi connectivity index (χ3v) is 4.12. The van der Waals surface area contributed by atoms with Crippen molar-refractivity contribution in [2.45, 2.75) is 53.5 Å². The van der Waals surface area contributed by atoms with Crippen LogP contribution in [0.3, 0.4) is 0 Å². The Labute approximate surface area is 88.9 Å². The topological polar surface area (TPSA) is 26.0 Å². The Kier molecular flexibility index (Phi) is 4.81. The van der Waals surface area contributed by atoms with Crippen molar-refractivity contribution in [2.24, 2.45) is 16.6 Å². The first-order chi connectivity index (χ1) is 5.85. The van der Waals surface area contributed by atoms with E-state index >= 15 is 0 Å². The van der Waals surface area contributed by atoms with Crippen molar-refractivity contribution in [1.29, 1.82) is 0 Å². The smallest absolute Gasteiger partial charge is 0.0106 e. The van der Waals surface area contributed by atoms with Gasteiger partial charge >= 0.3 is 0 Å². The first-order valence-corrected chi connectivity index (χ1v) is 5.85. The van der Waals surface area contributed by atoms with Gasteiger partial charge in [0.25, 0.3) is 0 Å². The fraction of sp³-hybridized carbons (Fsp3) is 1.00. The summed E-state index contributed by atoms with van der Waals surface area (Å²) in [6.45, 7) is 11.2. The number of hydrogen-bond acceptors (Lipinski definition) is 2. The molecule has 0 spiro atoms. The fourth-order valence-electron chi connectivity index (χ4n) is 2.21.